The zero-order valence-corrected chi connectivity index (χ0v) is 14.1. The van der Waals surface area contributed by atoms with Crippen LogP contribution in [0, 0.1) is 27.7 Å². The highest BCUT2D eigenvalue weighted by Gasteiger charge is 2.18. The van der Waals surface area contributed by atoms with Gasteiger partial charge in [0.15, 0.2) is 0 Å². The summed E-state index contributed by atoms with van der Waals surface area (Å²) in [5.74, 6) is 0. The van der Waals surface area contributed by atoms with E-state index in [1.807, 2.05) is 0 Å². The van der Waals surface area contributed by atoms with Gasteiger partial charge in [-0.3, -0.25) is 0 Å². The Kier molecular flexibility index (Phi) is 6.35. The van der Waals surface area contributed by atoms with Crippen molar-refractivity contribution in [2.24, 2.45) is 0 Å². The lowest BCUT2D eigenvalue weighted by atomic mass is 9.92. The maximum atomic E-state index is 6.69. The van der Waals surface area contributed by atoms with E-state index in [9.17, 15) is 0 Å². The number of halogens is 1. The molecule has 108 valence electrons. The summed E-state index contributed by atoms with van der Waals surface area (Å²) in [7, 11) is 2.17. The third-order valence-electron chi connectivity index (χ3n) is 4.10. The molecule has 1 aromatic carbocycles. The van der Waals surface area contributed by atoms with Crippen LogP contribution in [0.4, 0.5) is 0 Å². The van der Waals surface area contributed by atoms with Crippen molar-refractivity contribution >= 4 is 11.6 Å². The van der Waals surface area contributed by atoms with Gasteiger partial charge in [-0.05, 0) is 75.5 Å². The molecule has 0 heterocycles. The Labute approximate surface area is 124 Å². The van der Waals surface area contributed by atoms with Crippen LogP contribution in [0.25, 0.3) is 0 Å². The van der Waals surface area contributed by atoms with Crippen LogP contribution < -0.4 is 0 Å². The minimum Gasteiger partial charge on any atom is -0.305 e. The van der Waals surface area contributed by atoms with E-state index in [2.05, 4.69) is 52.6 Å². The first-order valence-electron chi connectivity index (χ1n) is 7.28. The highest BCUT2D eigenvalue weighted by atomic mass is 35.5. The Bertz CT molecular complexity index is 400. The summed E-state index contributed by atoms with van der Waals surface area (Å²) >= 11 is 6.69. The van der Waals surface area contributed by atoms with Crippen molar-refractivity contribution in [3.05, 3.63) is 33.9 Å². The molecule has 0 fully saturated rings. The predicted molar refractivity (Wildman–Crippen MR) is 86.4 cm³/mol. The van der Waals surface area contributed by atoms with Crippen LogP contribution in [-0.2, 0) is 0 Å². The molecule has 0 aliphatic carbocycles. The number of hydrogen-bond donors (Lipinski definition) is 0. The van der Waals surface area contributed by atoms with Crippen molar-refractivity contribution in [3.8, 4) is 0 Å². The SMILES string of the molecule is CCCCN(C)CC(Cl)c1c(C)c(C)cc(C)c1C. The van der Waals surface area contributed by atoms with Gasteiger partial charge in [-0.15, -0.1) is 11.6 Å². The molecular formula is C17H28ClN. The molecule has 0 radical (unpaired) electrons. The summed E-state index contributed by atoms with van der Waals surface area (Å²) in [6, 6.07) is 2.26. The lowest BCUT2D eigenvalue weighted by molar-refractivity contribution is 0.327. The van der Waals surface area contributed by atoms with E-state index in [1.54, 1.807) is 0 Å². The van der Waals surface area contributed by atoms with Crippen molar-refractivity contribution in [3.63, 3.8) is 0 Å². The van der Waals surface area contributed by atoms with E-state index >= 15 is 0 Å². The molecule has 2 heteroatoms. The minimum atomic E-state index is 0.0838. The molecule has 1 unspecified atom stereocenters. The zero-order valence-electron chi connectivity index (χ0n) is 13.3. The number of rotatable bonds is 6. The molecule has 1 aromatic rings. The fourth-order valence-electron chi connectivity index (χ4n) is 2.60. The van der Waals surface area contributed by atoms with Gasteiger partial charge < -0.3 is 4.90 Å². The van der Waals surface area contributed by atoms with Gasteiger partial charge in [0.2, 0.25) is 0 Å². The number of likely N-dealkylation sites (N-methyl/N-ethyl adjacent to an activating group) is 1. The molecule has 0 saturated carbocycles. The van der Waals surface area contributed by atoms with Crippen LogP contribution in [-0.4, -0.2) is 25.0 Å². The van der Waals surface area contributed by atoms with Crippen molar-refractivity contribution in [2.45, 2.75) is 52.8 Å². The van der Waals surface area contributed by atoms with Gasteiger partial charge in [0.05, 0.1) is 5.38 Å². The van der Waals surface area contributed by atoms with E-state index in [-0.39, 0.29) is 5.38 Å². The summed E-state index contributed by atoms with van der Waals surface area (Å²) in [6.07, 6.45) is 2.48. The van der Waals surface area contributed by atoms with Gasteiger partial charge in [-0.25, -0.2) is 0 Å². The summed E-state index contributed by atoms with van der Waals surface area (Å²) in [6.45, 7) is 13.0. The molecule has 1 atom stereocenters. The van der Waals surface area contributed by atoms with E-state index in [4.69, 9.17) is 11.6 Å². The first-order chi connectivity index (χ1) is 8.88. The van der Waals surface area contributed by atoms with Crippen LogP contribution in [0.15, 0.2) is 6.07 Å². The lowest BCUT2D eigenvalue weighted by Gasteiger charge is -2.24. The fraction of sp³-hybridized carbons (Fsp3) is 0.647. The molecule has 0 saturated heterocycles. The molecule has 0 aromatic heterocycles. The highest BCUT2D eigenvalue weighted by molar-refractivity contribution is 6.21. The summed E-state index contributed by atoms with van der Waals surface area (Å²) in [5.41, 5.74) is 6.74. The average molecular weight is 282 g/mol. The molecular weight excluding hydrogens is 254 g/mol. The van der Waals surface area contributed by atoms with Crippen LogP contribution in [0.5, 0.6) is 0 Å². The van der Waals surface area contributed by atoms with Gasteiger partial charge in [0.25, 0.3) is 0 Å². The van der Waals surface area contributed by atoms with Crippen LogP contribution in [0.2, 0.25) is 0 Å². The van der Waals surface area contributed by atoms with Gasteiger partial charge in [-0.1, -0.05) is 19.4 Å². The van der Waals surface area contributed by atoms with E-state index < -0.39 is 0 Å². The van der Waals surface area contributed by atoms with Crippen molar-refractivity contribution in [2.75, 3.05) is 20.1 Å². The number of unbranched alkanes of at least 4 members (excludes halogenated alkanes) is 1. The van der Waals surface area contributed by atoms with Gasteiger partial charge in [0.1, 0.15) is 0 Å². The number of aryl methyl sites for hydroxylation is 2. The second-order valence-corrected chi connectivity index (χ2v) is 6.28. The molecule has 0 aliphatic heterocycles. The monoisotopic (exact) mass is 281 g/mol. The number of hydrogen-bond acceptors (Lipinski definition) is 1. The Morgan fingerprint density at radius 1 is 1.11 bits per heavy atom. The third-order valence-corrected chi connectivity index (χ3v) is 4.46. The molecule has 0 aliphatic rings. The third kappa shape index (κ3) is 4.22. The van der Waals surface area contributed by atoms with Crippen molar-refractivity contribution in [1.82, 2.24) is 4.90 Å². The highest BCUT2D eigenvalue weighted by Crippen LogP contribution is 2.31. The number of alkyl halides is 1. The van der Waals surface area contributed by atoms with E-state index in [1.165, 1.54) is 40.7 Å². The van der Waals surface area contributed by atoms with E-state index in [0.29, 0.717) is 0 Å². The van der Waals surface area contributed by atoms with Gasteiger partial charge in [-0.2, -0.15) is 0 Å². The Balaban J connectivity index is 2.90. The maximum absolute atomic E-state index is 6.69. The minimum absolute atomic E-state index is 0.0838. The molecule has 1 nitrogen and oxygen atoms in total. The standard InChI is InChI=1S/C17H28ClN/c1-7-8-9-19(6)11-16(18)17-14(4)12(2)10-13(3)15(17)5/h10,16H,7-9,11H2,1-6H3. The van der Waals surface area contributed by atoms with Gasteiger partial charge in [0, 0.05) is 6.54 Å². The molecule has 0 bridgehead atoms. The predicted octanol–water partition coefficient (Wildman–Crippen LogP) is 4.93. The molecule has 0 amide bonds. The van der Waals surface area contributed by atoms with Crippen molar-refractivity contribution in [1.29, 1.82) is 0 Å². The van der Waals surface area contributed by atoms with Crippen LogP contribution in [0.3, 0.4) is 0 Å². The summed E-state index contributed by atoms with van der Waals surface area (Å²) < 4.78 is 0. The fourth-order valence-corrected chi connectivity index (χ4v) is 3.16. The Morgan fingerprint density at radius 2 is 1.63 bits per heavy atom. The number of benzene rings is 1. The maximum Gasteiger partial charge on any atom is 0.0717 e. The normalized spacial score (nSPS) is 13.1. The van der Waals surface area contributed by atoms with Gasteiger partial charge >= 0.3 is 0 Å². The largest absolute Gasteiger partial charge is 0.305 e. The second kappa shape index (κ2) is 7.31. The zero-order chi connectivity index (χ0) is 14.6. The Hall–Kier alpha value is -0.530. The lowest BCUT2D eigenvalue weighted by Crippen LogP contribution is -2.24. The van der Waals surface area contributed by atoms with E-state index in [0.717, 1.165) is 13.1 Å². The van der Waals surface area contributed by atoms with Crippen LogP contribution in [0.1, 0.15) is 53.0 Å². The van der Waals surface area contributed by atoms with Crippen LogP contribution >= 0.6 is 11.6 Å². The average Bonchev–Trinajstić information content (AvgIpc) is 2.34. The first-order valence-corrected chi connectivity index (χ1v) is 7.72. The first kappa shape index (κ1) is 16.5. The summed E-state index contributed by atoms with van der Waals surface area (Å²) in [5, 5.41) is 0.0838. The second-order valence-electron chi connectivity index (χ2n) is 5.76. The molecule has 0 spiro atoms. The smallest absolute Gasteiger partial charge is 0.0717 e. The Morgan fingerprint density at radius 3 is 2.11 bits per heavy atom. The number of nitrogens with zero attached hydrogens (tertiary/aromatic N) is 1. The molecule has 0 N–H and O–H groups in total. The van der Waals surface area contributed by atoms with Crippen molar-refractivity contribution < 1.29 is 0 Å². The quantitative estimate of drug-likeness (QED) is 0.668. The summed E-state index contributed by atoms with van der Waals surface area (Å²) in [4.78, 5) is 2.34. The molecule has 1 rings (SSSR count). The topological polar surface area (TPSA) is 3.24 Å². The molecule has 19 heavy (non-hydrogen) atoms.